The standard InChI is InChI=1S/C31H37ClFN3O3/c1-39-20-8-19-35(31(38)28-12-5-6-13-29(28)32)23-30(37)36(26-9-3-2-4-10-26)22-27-11-7-18-34(27)21-24-14-16-25(33)17-15-24/h5-7,11-18,26H,2-4,8-10,19-23H2,1H3. The largest absolute Gasteiger partial charge is 0.385 e. The summed E-state index contributed by atoms with van der Waals surface area (Å²) >= 11 is 6.34. The Labute approximate surface area is 235 Å². The van der Waals surface area contributed by atoms with Crippen LogP contribution in [-0.4, -0.2) is 59.0 Å². The van der Waals surface area contributed by atoms with E-state index in [4.69, 9.17) is 16.3 Å². The number of amides is 2. The van der Waals surface area contributed by atoms with Crippen LogP contribution in [0, 0.1) is 5.82 Å². The molecule has 1 aromatic heterocycles. The van der Waals surface area contributed by atoms with Gasteiger partial charge < -0.3 is 19.1 Å². The molecular formula is C31H37ClFN3O3. The minimum atomic E-state index is -0.262. The summed E-state index contributed by atoms with van der Waals surface area (Å²) in [6, 6.07) is 17.5. The average molecular weight is 554 g/mol. The predicted octanol–water partition coefficient (Wildman–Crippen LogP) is 6.17. The maximum Gasteiger partial charge on any atom is 0.255 e. The van der Waals surface area contributed by atoms with Crippen LogP contribution < -0.4 is 0 Å². The number of hydrogen-bond donors (Lipinski definition) is 0. The molecule has 6 nitrogen and oxygen atoms in total. The number of carbonyl (C=O) groups excluding carboxylic acids is 2. The highest BCUT2D eigenvalue weighted by Crippen LogP contribution is 2.25. The van der Waals surface area contributed by atoms with Gasteiger partial charge in [-0.2, -0.15) is 0 Å². The summed E-state index contributed by atoms with van der Waals surface area (Å²) < 4.78 is 20.7. The predicted molar refractivity (Wildman–Crippen MR) is 151 cm³/mol. The van der Waals surface area contributed by atoms with Gasteiger partial charge in [0.05, 0.1) is 17.1 Å². The molecule has 1 heterocycles. The Morgan fingerprint density at radius 3 is 2.49 bits per heavy atom. The second-order valence-electron chi connectivity index (χ2n) is 10.1. The number of halogens is 2. The molecule has 39 heavy (non-hydrogen) atoms. The molecule has 0 unspecified atom stereocenters. The van der Waals surface area contributed by atoms with Crippen molar-refractivity contribution in [3.63, 3.8) is 0 Å². The third-order valence-corrected chi connectivity index (χ3v) is 7.68. The Bertz CT molecular complexity index is 1220. The zero-order chi connectivity index (χ0) is 27.6. The van der Waals surface area contributed by atoms with Crippen molar-refractivity contribution >= 4 is 23.4 Å². The van der Waals surface area contributed by atoms with Crippen molar-refractivity contribution < 1.29 is 18.7 Å². The van der Waals surface area contributed by atoms with E-state index in [1.54, 1.807) is 48.4 Å². The van der Waals surface area contributed by atoms with Crippen molar-refractivity contribution in [3.05, 3.63) is 94.5 Å². The Hall–Kier alpha value is -3.16. The molecule has 0 N–H and O–H groups in total. The number of carbonyl (C=O) groups is 2. The number of hydrogen-bond acceptors (Lipinski definition) is 3. The Kier molecular flexibility index (Phi) is 10.6. The van der Waals surface area contributed by atoms with Crippen LogP contribution >= 0.6 is 11.6 Å². The normalized spacial score (nSPS) is 13.8. The Morgan fingerprint density at radius 2 is 1.77 bits per heavy atom. The minimum absolute atomic E-state index is 0.0249. The van der Waals surface area contributed by atoms with Gasteiger partial charge in [0.15, 0.2) is 0 Å². The number of ether oxygens (including phenoxy) is 1. The molecule has 208 valence electrons. The minimum Gasteiger partial charge on any atom is -0.385 e. The number of aromatic nitrogens is 1. The van der Waals surface area contributed by atoms with E-state index in [1.807, 2.05) is 23.2 Å². The van der Waals surface area contributed by atoms with Crippen LogP contribution in [0.2, 0.25) is 5.02 Å². The molecule has 0 radical (unpaired) electrons. The fourth-order valence-corrected chi connectivity index (χ4v) is 5.45. The molecule has 1 fully saturated rings. The molecule has 1 aliphatic rings. The quantitative estimate of drug-likeness (QED) is 0.252. The second kappa shape index (κ2) is 14.3. The topological polar surface area (TPSA) is 54.8 Å². The number of benzene rings is 2. The van der Waals surface area contributed by atoms with Crippen LogP contribution in [0.3, 0.4) is 0 Å². The highest BCUT2D eigenvalue weighted by atomic mass is 35.5. The molecule has 4 rings (SSSR count). The first-order valence-corrected chi connectivity index (χ1v) is 14.0. The van der Waals surface area contributed by atoms with Gasteiger partial charge in [-0.25, -0.2) is 4.39 Å². The molecular weight excluding hydrogens is 517 g/mol. The van der Waals surface area contributed by atoms with Crippen LogP contribution in [0.1, 0.15) is 60.1 Å². The van der Waals surface area contributed by atoms with Crippen molar-refractivity contribution in [2.45, 2.75) is 57.7 Å². The number of methoxy groups -OCH3 is 1. The molecule has 1 saturated carbocycles. The van der Waals surface area contributed by atoms with Gasteiger partial charge in [-0.15, -0.1) is 0 Å². The van der Waals surface area contributed by atoms with Crippen molar-refractivity contribution in [2.75, 3.05) is 26.8 Å². The zero-order valence-electron chi connectivity index (χ0n) is 22.5. The van der Waals surface area contributed by atoms with E-state index in [1.165, 1.54) is 18.6 Å². The molecule has 0 saturated heterocycles. The zero-order valence-corrected chi connectivity index (χ0v) is 23.3. The van der Waals surface area contributed by atoms with Crippen LogP contribution in [0.25, 0.3) is 0 Å². The van der Waals surface area contributed by atoms with Gasteiger partial charge in [0.2, 0.25) is 5.91 Å². The lowest BCUT2D eigenvalue weighted by molar-refractivity contribution is -0.135. The smallest absolute Gasteiger partial charge is 0.255 e. The van der Waals surface area contributed by atoms with E-state index >= 15 is 0 Å². The summed E-state index contributed by atoms with van der Waals surface area (Å²) in [5, 5.41) is 0.370. The van der Waals surface area contributed by atoms with Gasteiger partial charge in [-0.1, -0.05) is 55.1 Å². The Morgan fingerprint density at radius 1 is 1.03 bits per heavy atom. The van der Waals surface area contributed by atoms with Crippen molar-refractivity contribution in [1.82, 2.24) is 14.4 Å². The lowest BCUT2D eigenvalue weighted by Crippen LogP contribution is -2.48. The van der Waals surface area contributed by atoms with E-state index in [0.29, 0.717) is 43.2 Å². The van der Waals surface area contributed by atoms with Gasteiger partial charge in [-0.05, 0) is 61.2 Å². The van der Waals surface area contributed by atoms with Gasteiger partial charge in [0.1, 0.15) is 12.4 Å². The Balaban J connectivity index is 1.55. The summed E-state index contributed by atoms with van der Waals surface area (Å²) in [5.41, 5.74) is 2.38. The summed E-state index contributed by atoms with van der Waals surface area (Å²) in [5.74, 6) is -0.593. The van der Waals surface area contributed by atoms with E-state index in [9.17, 15) is 14.0 Å². The molecule has 0 spiro atoms. The highest BCUT2D eigenvalue weighted by Gasteiger charge is 2.29. The number of nitrogens with zero attached hydrogens (tertiary/aromatic N) is 3. The van der Waals surface area contributed by atoms with Crippen molar-refractivity contribution in [2.24, 2.45) is 0 Å². The van der Waals surface area contributed by atoms with E-state index < -0.39 is 0 Å². The molecule has 2 amide bonds. The molecule has 3 aromatic rings. The van der Waals surface area contributed by atoms with Crippen LogP contribution in [0.4, 0.5) is 4.39 Å². The summed E-state index contributed by atoms with van der Waals surface area (Å²) in [6.45, 7) is 1.89. The van der Waals surface area contributed by atoms with Crippen LogP contribution in [0.5, 0.6) is 0 Å². The molecule has 2 aromatic carbocycles. The van der Waals surface area contributed by atoms with E-state index in [0.717, 1.165) is 36.9 Å². The fraction of sp³-hybridized carbons (Fsp3) is 0.419. The maximum absolute atomic E-state index is 14.0. The first-order chi connectivity index (χ1) is 19.0. The van der Waals surface area contributed by atoms with Gasteiger partial charge in [-0.3, -0.25) is 9.59 Å². The molecule has 0 bridgehead atoms. The first-order valence-electron chi connectivity index (χ1n) is 13.7. The number of rotatable bonds is 12. The molecule has 0 atom stereocenters. The summed E-state index contributed by atoms with van der Waals surface area (Å²) in [7, 11) is 1.62. The first kappa shape index (κ1) is 28.8. The lowest BCUT2D eigenvalue weighted by atomic mass is 9.94. The van der Waals surface area contributed by atoms with E-state index in [2.05, 4.69) is 4.57 Å². The van der Waals surface area contributed by atoms with Crippen LogP contribution in [-0.2, 0) is 22.6 Å². The van der Waals surface area contributed by atoms with Crippen molar-refractivity contribution in [3.8, 4) is 0 Å². The van der Waals surface area contributed by atoms with E-state index in [-0.39, 0.29) is 30.2 Å². The maximum atomic E-state index is 14.0. The monoisotopic (exact) mass is 553 g/mol. The van der Waals surface area contributed by atoms with Gasteiger partial charge in [0.25, 0.3) is 5.91 Å². The second-order valence-corrected chi connectivity index (χ2v) is 10.5. The third kappa shape index (κ3) is 7.93. The third-order valence-electron chi connectivity index (χ3n) is 7.35. The summed E-state index contributed by atoms with van der Waals surface area (Å²) in [6.07, 6.45) is 7.85. The lowest BCUT2D eigenvalue weighted by Gasteiger charge is -2.36. The highest BCUT2D eigenvalue weighted by molar-refractivity contribution is 6.33. The summed E-state index contributed by atoms with van der Waals surface area (Å²) in [4.78, 5) is 31.0. The molecule has 8 heteroatoms. The van der Waals surface area contributed by atoms with Crippen LogP contribution in [0.15, 0.2) is 66.9 Å². The van der Waals surface area contributed by atoms with Gasteiger partial charge >= 0.3 is 0 Å². The molecule has 0 aliphatic heterocycles. The average Bonchev–Trinajstić information content (AvgIpc) is 3.39. The van der Waals surface area contributed by atoms with Crippen molar-refractivity contribution in [1.29, 1.82) is 0 Å². The molecule has 1 aliphatic carbocycles. The van der Waals surface area contributed by atoms with Gasteiger partial charge in [0, 0.05) is 44.7 Å². The fourth-order valence-electron chi connectivity index (χ4n) is 5.23. The SMILES string of the molecule is COCCCN(CC(=O)N(Cc1cccn1Cc1ccc(F)cc1)C1CCCCC1)C(=O)c1ccccc1Cl.